The normalized spacial score (nSPS) is 12.3. The third-order valence-corrected chi connectivity index (χ3v) is 4.98. The van der Waals surface area contributed by atoms with Gasteiger partial charge in [0.15, 0.2) is 11.6 Å². The maximum atomic E-state index is 14.1. The van der Waals surface area contributed by atoms with Crippen LogP contribution in [-0.2, 0) is 8.85 Å². The van der Waals surface area contributed by atoms with Gasteiger partial charge in [-0.05, 0) is 26.0 Å². The van der Waals surface area contributed by atoms with Gasteiger partial charge in [0.2, 0.25) is 0 Å². The van der Waals surface area contributed by atoms with Crippen molar-refractivity contribution >= 4 is 14.7 Å². The van der Waals surface area contributed by atoms with Crippen molar-refractivity contribution in [1.29, 1.82) is 0 Å². The molecule has 0 saturated carbocycles. The van der Waals surface area contributed by atoms with Crippen LogP contribution >= 0.6 is 0 Å². The fraction of sp³-hybridized carbons (Fsp3) is 0.417. The smallest absolute Gasteiger partial charge is 0.385 e. The predicted molar refractivity (Wildman–Crippen MR) is 69.8 cm³/mol. The van der Waals surface area contributed by atoms with Crippen LogP contribution in [0.4, 0.5) is 22.0 Å². The van der Waals surface area contributed by atoms with Crippen molar-refractivity contribution in [2.24, 2.45) is 0 Å². The first-order valence-electron chi connectivity index (χ1n) is 6.44. The number of benzene rings is 1. The molecule has 0 unspecified atom stereocenters. The molecule has 0 aromatic heterocycles. The number of alkyl halides is 2. The van der Waals surface area contributed by atoms with E-state index in [1.54, 1.807) is 0 Å². The minimum Gasteiger partial charge on any atom is -0.385 e. The Balaban J connectivity index is 3.21. The van der Waals surface area contributed by atoms with Crippen LogP contribution in [0.5, 0.6) is 0 Å². The van der Waals surface area contributed by atoms with E-state index in [0.29, 0.717) is 12.1 Å². The van der Waals surface area contributed by atoms with E-state index in [9.17, 15) is 31.6 Å². The first kappa shape index (κ1) is 19.5. The first-order valence-corrected chi connectivity index (χ1v) is 8.21. The average molecular weight is 359 g/mol. The van der Waals surface area contributed by atoms with E-state index in [4.69, 9.17) is 0 Å². The minimum atomic E-state index is -5.49. The molecule has 1 aromatic rings. The molecule has 0 aliphatic rings. The number of rotatable bonds is 7. The van der Waals surface area contributed by atoms with E-state index in [-0.39, 0.29) is 0 Å². The number of carbonyl (C=O) groups is 1. The number of carbonyl (C=O) groups excluding carboxylic acids is 1. The lowest BCUT2D eigenvalue weighted by molar-refractivity contribution is -0.190. The highest BCUT2D eigenvalue weighted by Crippen LogP contribution is 2.33. The van der Waals surface area contributed by atoms with E-state index in [2.05, 4.69) is 8.85 Å². The highest BCUT2D eigenvalue weighted by molar-refractivity contribution is 6.62. The minimum absolute atomic E-state index is 0.450. The van der Waals surface area contributed by atoms with Gasteiger partial charge in [0.05, 0.1) is 5.56 Å². The molecule has 0 bridgehead atoms. The van der Waals surface area contributed by atoms with Crippen molar-refractivity contribution in [2.45, 2.75) is 19.5 Å². The molecular formula is C12H14F5NO4Si. The van der Waals surface area contributed by atoms with Gasteiger partial charge in [-0.15, -0.1) is 5.12 Å². The van der Waals surface area contributed by atoms with Gasteiger partial charge >= 0.3 is 14.5 Å². The maximum absolute atomic E-state index is 14.1. The Morgan fingerprint density at radius 3 is 2.26 bits per heavy atom. The van der Waals surface area contributed by atoms with Crippen LogP contribution in [0.2, 0.25) is 0 Å². The third-order valence-electron chi connectivity index (χ3n) is 2.67. The summed E-state index contributed by atoms with van der Waals surface area (Å²) in [4.78, 5) is 21.5. The fourth-order valence-electron chi connectivity index (χ4n) is 1.63. The molecule has 1 amide bonds. The summed E-state index contributed by atoms with van der Waals surface area (Å²) in [5, 5.41) is -1.71. The van der Waals surface area contributed by atoms with Gasteiger partial charge in [0.25, 0.3) is 5.91 Å². The molecule has 0 spiro atoms. The molecule has 1 rings (SSSR count). The topological polar surface area (TPSA) is 59.0 Å². The SMILES string of the molecule is CCO[Si](O)(OCC)C(F)(F)N(F)C(=O)c1cccc(F)c1F. The zero-order valence-electron chi connectivity index (χ0n) is 12.2. The lowest BCUT2D eigenvalue weighted by Crippen LogP contribution is -2.65. The molecular weight excluding hydrogens is 345 g/mol. The van der Waals surface area contributed by atoms with Crippen molar-refractivity contribution in [3.8, 4) is 0 Å². The van der Waals surface area contributed by atoms with Gasteiger partial charge in [-0.2, -0.15) is 8.78 Å². The lowest BCUT2D eigenvalue weighted by Gasteiger charge is -2.32. The molecule has 1 aromatic carbocycles. The van der Waals surface area contributed by atoms with Crippen LogP contribution in [0.15, 0.2) is 18.2 Å². The first-order chi connectivity index (χ1) is 10.6. The van der Waals surface area contributed by atoms with Gasteiger partial charge in [-0.25, -0.2) is 8.78 Å². The van der Waals surface area contributed by atoms with Crippen LogP contribution in [0, 0.1) is 11.6 Å². The number of halogens is 5. The predicted octanol–water partition coefficient (Wildman–Crippen LogP) is 2.43. The molecule has 23 heavy (non-hydrogen) atoms. The van der Waals surface area contributed by atoms with Gasteiger partial charge < -0.3 is 13.6 Å². The van der Waals surface area contributed by atoms with Crippen molar-refractivity contribution in [3.05, 3.63) is 35.4 Å². The number of amides is 1. The summed E-state index contributed by atoms with van der Waals surface area (Å²) in [5.41, 5.74) is -6.16. The largest absolute Gasteiger partial charge is 0.600 e. The summed E-state index contributed by atoms with van der Waals surface area (Å²) < 4.78 is 77.3. The van der Waals surface area contributed by atoms with E-state index < -0.39 is 55.9 Å². The fourth-order valence-corrected chi connectivity index (χ4v) is 3.20. The highest BCUT2D eigenvalue weighted by Gasteiger charge is 2.69. The molecule has 0 saturated heterocycles. The van der Waals surface area contributed by atoms with E-state index in [1.165, 1.54) is 13.8 Å². The Hall–Kier alpha value is -1.56. The second-order valence-corrected chi connectivity index (χ2v) is 6.52. The number of nitrogens with zero attached hydrogens (tertiary/aromatic N) is 1. The highest BCUT2D eigenvalue weighted by atomic mass is 28.4. The summed E-state index contributed by atoms with van der Waals surface area (Å²) in [6.45, 7) is 1.58. The average Bonchev–Trinajstić information content (AvgIpc) is 2.49. The maximum Gasteiger partial charge on any atom is 0.600 e. The number of hydrogen-bond donors (Lipinski definition) is 1. The Kier molecular flexibility index (Phi) is 6.22. The van der Waals surface area contributed by atoms with Gasteiger partial charge in [0.1, 0.15) is 0 Å². The van der Waals surface area contributed by atoms with Crippen molar-refractivity contribution in [3.63, 3.8) is 0 Å². The molecule has 0 aliphatic heterocycles. The van der Waals surface area contributed by atoms with Gasteiger partial charge in [0, 0.05) is 13.2 Å². The quantitative estimate of drug-likeness (QED) is 0.352. The molecule has 5 nitrogen and oxygen atoms in total. The van der Waals surface area contributed by atoms with Crippen molar-refractivity contribution < 1.29 is 40.5 Å². The summed E-state index contributed by atoms with van der Waals surface area (Å²) in [5.74, 6) is -5.50. The molecule has 0 aliphatic carbocycles. The zero-order valence-corrected chi connectivity index (χ0v) is 13.2. The van der Waals surface area contributed by atoms with E-state index in [0.717, 1.165) is 6.07 Å². The second-order valence-electron chi connectivity index (χ2n) is 4.18. The Labute approximate surface area is 129 Å². The molecule has 0 fully saturated rings. The van der Waals surface area contributed by atoms with Crippen molar-refractivity contribution in [1.82, 2.24) is 5.12 Å². The molecule has 0 atom stereocenters. The lowest BCUT2D eigenvalue weighted by atomic mass is 10.2. The van der Waals surface area contributed by atoms with Crippen LogP contribution < -0.4 is 0 Å². The third kappa shape index (κ3) is 3.68. The van der Waals surface area contributed by atoms with Crippen LogP contribution in [-0.4, -0.2) is 43.5 Å². The van der Waals surface area contributed by atoms with Gasteiger partial charge in [-0.3, -0.25) is 4.79 Å². The summed E-state index contributed by atoms with van der Waals surface area (Å²) in [6.07, 6.45) is 0. The zero-order chi connectivity index (χ0) is 17.8. The Morgan fingerprint density at radius 1 is 1.26 bits per heavy atom. The Bertz CT molecular complexity index is 568. The second kappa shape index (κ2) is 7.34. The van der Waals surface area contributed by atoms with Crippen LogP contribution in [0.1, 0.15) is 24.2 Å². The molecule has 130 valence electrons. The number of hydrogen-bond acceptors (Lipinski definition) is 4. The molecule has 1 N–H and O–H groups in total. The van der Waals surface area contributed by atoms with Crippen molar-refractivity contribution in [2.75, 3.05) is 13.2 Å². The molecule has 0 heterocycles. The summed E-state index contributed by atoms with van der Waals surface area (Å²) in [7, 11) is -5.49. The van der Waals surface area contributed by atoms with Gasteiger partial charge in [-0.1, -0.05) is 10.5 Å². The van der Waals surface area contributed by atoms with Crippen LogP contribution in [0.3, 0.4) is 0 Å². The molecule has 11 heteroatoms. The van der Waals surface area contributed by atoms with E-state index >= 15 is 0 Å². The Morgan fingerprint density at radius 2 is 1.78 bits per heavy atom. The standard InChI is InChI=1S/C12H14F5NO4Si/c1-3-21-23(20,22-4-2)12(15,16)18(17)11(19)8-6-5-7-9(13)10(8)14/h5-7,20H,3-4H2,1-2H3. The monoisotopic (exact) mass is 359 g/mol. The molecule has 0 radical (unpaired) electrons. The summed E-state index contributed by atoms with van der Waals surface area (Å²) >= 11 is 0. The summed E-state index contributed by atoms with van der Waals surface area (Å²) in [6, 6.07) is 2.08. The van der Waals surface area contributed by atoms with E-state index in [1.807, 2.05) is 0 Å². The van der Waals surface area contributed by atoms with Crippen LogP contribution in [0.25, 0.3) is 0 Å².